The van der Waals surface area contributed by atoms with Crippen molar-refractivity contribution in [2.24, 2.45) is 5.73 Å². The summed E-state index contributed by atoms with van der Waals surface area (Å²) < 4.78 is 13.5. The van der Waals surface area contributed by atoms with Crippen molar-refractivity contribution in [3.63, 3.8) is 0 Å². The lowest BCUT2D eigenvalue weighted by Gasteiger charge is -2.23. The van der Waals surface area contributed by atoms with Crippen LogP contribution in [0.4, 0.5) is 4.39 Å². The third-order valence-electron chi connectivity index (χ3n) is 2.19. The number of halogens is 3. The van der Waals surface area contributed by atoms with Gasteiger partial charge in [0, 0.05) is 12.0 Å². The van der Waals surface area contributed by atoms with Crippen LogP contribution in [0.2, 0.25) is 5.02 Å². The fourth-order valence-corrected chi connectivity index (χ4v) is 1.31. The van der Waals surface area contributed by atoms with Gasteiger partial charge in [-0.2, -0.15) is 0 Å². The van der Waals surface area contributed by atoms with Gasteiger partial charge in [-0.05, 0) is 11.6 Å². The van der Waals surface area contributed by atoms with Crippen molar-refractivity contribution in [2.75, 3.05) is 6.54 Å². The molecule has 0 heterocycles. The number of nitrogens with two attached hydrogens (primary N) is 1. The molecule has 0 fully saturated rings. The molecule has 0 atom stereocenters. The molecule has 1 rings (SSSR count). The van der Waals surface area contributed by atoms with Crippen LogP contribution in [0.5, 0.6) is 0 Å². The van der Waals surface area contributed by atoms with Crippen LogP contribution in [0.3, 0.4) is 0 Å². The van der Waals surface area contributed by atoms with Crippen LogP contribution in [0.15, 0.2) is 18.2 Å². The van der Waals surface area contributed by atoms with Crippen molar-refractivity contribution in [2.45, 2.75) is 19.3 Å². The normalized spacial score (nSPS) is 10.9. The monoisotopic (exact) mass is 237 g/mol. The maximum Gasteiger partial charge on any atom is 0.145 e. The van der Waals surface area contributed by atoms with Crippen LogP contribution in [0.25, 0.3) is 0 Å². The van der Waals surface area contributed by atoms with E-state index in [4.69, 9.17) is 17.3 Å². The summed E-state index contributed by atoms with van der Waals surface area (Å²) in [6.45, 7) is 4.17. The lowest BCUT2D eigenvalue weighted by atomic mass is 9.84. The van der Waals surface area contributed by atoms with Crippen LogP contribution in [-0.4, -0.2) is 6.54 Å². The molecule has 1 aromatic rings. The summed E-state index contributed by atoms with van der Waals surface area (Å²) in [6, 6.07) is 4.99. The van der Waals surface area contributed by atoms with Crippen LogP contribution in [-0.2, 0) is 5.41 Å². The molecule has 0 radical (unpaired) electrons. The Labute approximate surface area is 94.9 Å². The zero-order chi connectivity index (χ0) is 10.1. The minimum absolute atomic E-state index is 0. The molecular weight excluding hydrogens is 224 g/mol. The molecule has 1 aromatic carbocycles. The highest BCUT2D eigenvalue weighted by Crippen LogP contribution is 2.28. The smallest absolute Gasteiger partial charge is 0.145 e. The Morgan fingerprint density at radius 2 is 2.00 bits per heavy atom. The van der Waals surface area contributed by atoms with Gasteiger partial charge in [0.1, 0.15) is 5.82 Å². The summed E-state index contributed by atoms with van der Waals surface area (Å²) in [5.41, 5.74) is 5.75. The zero-order valence-corrected chi connectivity index (χ0v) is 9.75. The Hall–Kier alpha value is -0.310. The number of rotatable bonds is 2. The number of hydrogen-bond acceptors (Lipinski definition) is 1. The van der Waals surface area contributed by atoms with Crippen LogP contribution in [0.1, 0.15) is 19.4 Å². The molecular formula is C10H14Cl2FN. The molecule has 0 bridgehead atoms. The van der Waals surface area contributed by atoms with Gasteiger partial charge in [0.25, 0.3) is 0 Å². The molecule has 0 aliphatic carbocycles. The van der Waals surface area contributed by atoms with Gasteiger partial charge in [-0.1, -0.05) is 37.6 Å². The highest BCUT2D eigenvalue weighted by atomic mass is 35.5. The van der Waals surface area contributed by atoms with E-state index in [1.807, 2.05) is 13.8 Å². The number of benzene rings is 1. The Kier molecular flexibility index (Phi) is 4.85. The van der Waals surface area contributed by atoms with E-state index in [2.05, 4.69) is 0 Å². The SMILES string of the molecule is CC(C)(CN)c1cccc(Cl)c1F.Cl. The first kappa shape index (κ1) is 13.7. The zero-order valence-electron chi connectivity index (χ0n) is 8.18. The third-order valence-corrected chi connectivity index (χ3v) is 2.48. The highest BCUT2D eigenvalue weighted by Gasteiger charge is 2.23. The molecule has 2 N–H and O–H groups in total. The van der Waals surface area contributed by atoms with E-state index in [0.717, 1.165) is 0 Å². The van der Waals surface area contributed by atoms with E-state index in [1.54, 1.807) is 12.1 Å². The number of hydrogen-bond donors (Lipinski definition) is 1. The van der Waals surface area contributed by atoms with Gasteiger partial charge in [-0.25, -0.2) is 4.39 Å². The van der Waals surface area contributed by atoms with E-state index in [9.17, 15) is 4.39 Å². The van der Waals surface area contributed by atoms with E-state index in [1.165, 1.54) is 6.07 Å². The first-order valence-electron chi connectivity index (χ1n) is 4.13. The second-order valence-electron chi connectivity index (χ2n) is 3.69. The molecule has 14 heavy (non-hydrogen) atoms. The third kappa shape index (κ3) is 2.59. The summed E-state index contributed by atoms with van der Waals surface area (Å²) in [6.07, 6.45) is 0. The predicted molar refractivity (Wildman–Crippen MR) is 60.7 cm³/mol. The van der Waals surface area contributed by atoms with Gasteiger partial charge in [0.15, 0.2) is 0 Å². The van der Waals surface area contributed by atoms with Crippen molar-refractivity contribution in [1.29, 1.82) is 0 Å². The maximum atomic E-state index is 13.5. The van der Waals surface area contributed by atoms with Crippen LogP contribution in [0, 0.1) is 5.82 Å². The topological polar surface area (TPSA) is 26.0 Å². The summed E-state index contributed by atoms with van der Waals surface area (Å²) >= 11 is 5.66. The van der Waals surface area contributed by atoms with Crippen molar-refractivity contribution >= 4 is 24.0 Å². The van der Waals surface area contributed by atoms with Gasteiger partial charge in [-0.3, -0.25) is 0 Å². The van der Waals surface area contributed by atoms with Crippen LogP contribution < -0.4 is 5.73 Å². The fourth-order valence-electron chi connectivity index (χ4n) is 1.14. The van der Waals surface area contributed by atoms with Crippen molar-refractivity contribution in [1.82, 2.24) is 0 Å². The van der Waals surface area contributed by atoms with Gasteiger partial charge in [-0.15, -0.1) is 12.4 Å². The van der Waals surface area contributed by atoms with E-state index in [-0.39, 0.29) is 28.7 Å². The first-order valence-corrected chi connectivity index (χ1v) is 4.51. The molecule has 0 aromatic heterocycles. The standard InChI is InChI=1S/C10H13ClFN.ClH/c1-10(2,6-13)7-4-3-5-8(11)9(7)12;/h3-5H,6,13H2,1-2H3;1H. The molecule has 0 saturated heterocycles. The van der Waals surface area contributed by atoms with Gasteiger partial charge in [0.05, 0.1) is 5.02 Å². The molecule has 1 nitrogen and oxygen atoms in total. The molecule has 80 valence electrons. The van der Waals surface area contributed by atoms with E-state index in [0.29, 0.717) is 12.1 Å². The van der Waals surface area contributed by atoms with Gasteiger partial charge in [0.2, 0.25) is 0 Å². The highest BCUT2D eigenvalue weighted by molar-refractivity contribution is 6.30. The molecule has 0 aliphatic rings. The molecule has 0 saturated carbocycles. The lowest BCUT2D eigenvalue weighted by Crippen LogP contribution is -2.29. The largest absolute Gasteiger partial charge is 0.330 e. The summed E-state index contributed by atoms with van der Waals surface area (Å²) in [4.78, 5) is 0. The minimum Gasteiger partial charge on any atom is -0.330 e. The van der Waals surface area contributed by atoms with E-state index >= 15 is 0 Å². The molecule has 0 aliphatic heterocycles. The van der Waals surface area contributed by atoms with Gasteiger partial charge < -0.3 is 5.73 Å². The maximum absolute atomic E-state index is 13.5. The molecule has 0 amide bonds. The Morgan fingerprint density at radius 1 is 1.43 bits per heavy atom. The Morgan fingerprint density at radius 3 is 2.50 bits per heavy atom. The average Bonchev–Trinajstić information content (AvgIpc) is 2.09. The summed E-state index contributed by atoms with van der Waals surface area (Å²) in [7, 11) is 0. The van der Waals surface area contributed by atoms with Crippen LogP contribution >= 0.6 is 24.0 Å². The Bertz CT molecular complexity index is 313. The predicted octanol–water partition coefficient (Wildman–Crippen LogP) is 3.14. The lowest BCUT2D eigenvalue weighted by molar-refractivity contribution is 0.493. The van der Waals surface area contributed by atoms with Crippen molar-refractivity contribution in [3.05, 3.63) is 34.6 Å². The first-order chi connectivity index (χ1) is 5.99. The second-order valence-corrected chi connectivity index (χ2v) is 4.10. The summed E-state index contributed by atoms with van der Waals surface area (Å²) in [5.74, 6) is -0.361. The Balaban J connectivity index is 0.00000169. The second kappa shape index (κ2) is 4.96. The van der Waals surface area contributed by atoms with E-state index < -0.39 is 0 Å². The minimum atomic E-state index is -0.366. The van der Waals surface area contributed by atoms with Gasteiger partial charge >= 0.3 is 0 Å². The summed E-state index contributed by atoms with van der Waals surface area (Å²) in [5, 5.41) is 0.152. The molecule has 4 heteroatoms. The molecule has 0 spiro atoms. The molecule has 0 unspecified atom stereocenters. The average molecular weight is 238 g/mol. The van der Waals surface area contributed by atoms with Crippen molar-refractivity contribution < 1.29 is 4.39 Å². The van der Waals surface area contributed by atoms with Crippen molar-refractivity contribution in [3.8, 4) is 0 Å². The quantitative estimate of drug-likeness (QED) is 0.841. The fraction of sp³-hybridized carbons (Fsp3) is 0.400.